The molecule has 0 aromatic heterocycles. The lowest BCUT2D eigenvalue weighted by atomic mass is 9.93. The normalized spacial score (nSPS) is 14.1. The molecule has 0 aliphatic rings. The van der Waals surface area contributed by atoms with Crippen molar-refractivity contribution >= 4 is 18.3 Å². The highest BCUT2D eigenvalue weighted by atomic mass is 35.5. The number of halogens is 1. The third-order valence-corrected chi connectivity index (χ3v) is 4.42. The minimum atomic E-state index is -0.284. The molecule has 2 aromatic carbocycles. The molecule has 3 N–H and O–H groups in total. The Morgan fingerprint density at radius 3 is 2.00 bits per heavy atom. The van der Waals surface area contributed by atoms with E-state index in [1.165, 1.54) is 5.56 Å². The molecule has 0 fully saturated rings. The van der Waals surface area contributed by atoms with Crippen LogP contribution in [0.3, 0.4) is 0 Å². The number of hydrogen-bond donors (Lipinski definition) is 2. The zero-order valence-corrected chi connectivity index (χ0v) is 15.1. The van der Waals surface area contributed by atoms with Crippen molar-refractivity contribution in [3.63, 3.8) is 0 Å². The van der Waals surface area contributed by atoms with Crippen molar-refractivity contribution in [2.75, 3.05) is 6.54 Å². The number of hydrogen-bond acceptors (Lipinski definition) is 2. The second-order valence-electron chi connectivity index (χ2n) is 5.99. The zero-order valence-electron chi connectivity index (χ0n) is 14.3. The molecule has 2 rings (SSSR count). The van der Waals surface area contributed by atoms with Crippen LogP contribution in [0.4, 0.5) is 0 Å². The van der Waals surface area contributed by atoms with Crippen molar-refractivity contribution in [1.82, 2.24) is 5.32 Å². The second-order valence-corrected chi connectivity index (χ2v) is 5.99. The molecule has 24 heavy (non-hydrogen) atoms. The topological polar surface area (TPSA) is 55.1 Å². The number of nitrogens with two attached hydrogens (primary N) is 1. The van der Waals surface area contributed by atoms with Crippen LogP contribution in [0.15, 0.2) is 60.7 Å². The first-order valence-corrected chi connectivity index (χ1v) is 8.26. The average Bonchev–Trinajstić information content (AvgIpc) is 2.62. The van der Waals surface area contributed by atoms with Crippen LogP contribution < -0.4 is 11.1 Å². The summed E-state index contributed by atoms with van der Waals surface area (Å²) in [7, 11) is 0. The Bertz CT molecular complexity index is 604. The molecule has 0 bridgehead atoms. The lowest BCUT2D eigenvalue weighted by Crippen LogP contribution is -2.37. The first kappa shape index (κ1) is 20.2. The third-order valence-electron chi connectivity index (χ3n) is 4.42. The van der Waals surface area contributed by atoms with Crippen molar-refractivity contribution in [3.8, 4) is 0 Å². The lowest BCUT2D eigenvalue weighted by molar-refractivity contribution is -0.125. The molecular formula is C20H27ClN2O. The maximum Gasteiger partial charge on any atom is 0.224 e. The second kappa shape index (κ2) is 10.1. The molecule has 0 aliphatic carbocycles. The van der Waals surface area contributed by atoms with E-state index in [0.717, 1.165) is 12.0 Å². The molecule has 0 radical (unpaired) electrons. The van der Waals surface area contributed by atoms with E-state index in [4.69, 9.17) is 5.73 Å². The van der Waals surface area contributed by atoms with Crippen LogP contribution in [0, 0.1) is 5.92 Å². The van der Waals surface area contributed by atoms with Crippen molar-refractivity contribution < 1.29 is 4.79 Å². The number of rotatable bonds is 7. The van der Waals surface area contributed by atoms with Gasteiger partial charge in [0.1, 0.15) is 0 Å². The van der Waals surface area contributed by atoms with Crippen LogP contribution in [0.2, 0.25) is 0 Å². The summed E-state index contributed by atoms with van der Waals surface area (Å²) in [5, 5.41) is 3.06. The first-order valence-electron chi connectivity index (χ1n) is 8.26. The molecular weight excluding hydrogens is 320 g/mol. The van der Waals surface area contributed by atoms with Crippen molar-refractivity contribution in [3.05, 3.63) is 71.8 Å². The quantitative estimate of drug-likeness (QED) is 0.794. The van der Waals surface area contributed by atoms with E-state index in [2.05, 4.69) is 24.4 Å². The van der Waals surface area contributed by atoms with Crippen LogP contribution in [0.25, 0.3) is 0 Å². The van der Waals surface area contributed by atoms with E-state index in [0.29, 0.717) is 12.5 Å². The number of carbonyl (C=O) groups excluding carboxylic acids is 1. The smallest absolute Gasteiger partial charge is 0.224 e. The largest absolute Gasteiger partial charge is 0.355 e. The molecule has 0 saturated heterocycles. The van der Waals surface area contributed by atoms with Crippen LogP contribution in [-0.2, 0) is 4.79 Å². The summed E-state index contributed by atoms with van der Waals surface area (Å²) in [5.74, 6) is 0.0849. The van der Waals surface area contributed by atoms with Crippen LogP contribution in [0.1, 0.15) is 43.4 Å². The van der Waals surface area contributed by atoms with Gasteiger partial charge in [0.05, 0.1) is 5.92 Å². The Balaban J connectivity index is 0.00000288. The fourth-order valence-corrected chi connectivity index (χ4v) is 2.73. The van der Waals surface area contributed by atoms with Gasteiger partial charge in [0.2, 0.25) is 5.91 Å². The summed E-state index contributed by atoms with van der Waals surface area (Å²) in [6.07, 6.45) is 0.989. The SMILES string of the molecule is CCC(CNC(=O)C(C)C(N)c1ccccc1)c1ccccc1.Cl. The summed E-state index contributed by atoms with van der Waals surface area (Å²) in [4.78, 5) is 12.4. The first-order chi connectivity index (χ1) is 11.1. The van der Waals surface area contributed by atoms with Gasteiger partial charge in [-0.15, -0.1) is 12.4 Å². The Kier molecular flexibility index (Phi) is 8.51. The molecule has 3 atom stereocenters. The molecule has 2 aromatic rings. The highest BCUT2D eigenvalue weighted by Gasteiger charge is 2.22. The van der Waals surface area contributed by atoms with Crippen molar-refractivity contribution in [2.45, 2.75) is 32.2 Å². The molecule has 3 unspecified atom stereocenters. The Morgan fingerprint density at radius 1 is 1.00 bits per heavy atom. The van der Waals surface area contributed by atoms with E-state index < -0.39 is 0 Å². The minimum absolute atomic E-state index is 0. The molecule has 4 heteroatoms. The summed E-state index contributed by atoms with van der Waals surface area (Å²) < 4.78 is 0. The van der Waals surface area contributed by atoms with Gasteiger partial charge in [-0.3, -0.25) is 4.79 Å². The van der Waals surface area contributed by atoms with Gasteiger partial charge in [-0.1, -0.05) is 74.5 Å². The zero-order chi connectivity index (χ0) is 16.7. The molecule has 0 spiro atoms. The summed E-state index contributed by atoms with van der Waals surface area (Å²) in [6.45, 7) is 4.67. The Hall–Kier alpha value is -1.84. The van der Waals surface area contributed by atoms with Crippen molar-refractivity contribution in [2.24, 2.45) is 11.7 Å². The van der Waals surface area contributed by atoms with E-state index in [9.17, 15) is 4.79 Å². The predicted octanol–water partition coefficient (Wildman–Crippen LogP) is 4.05. The molecule has 1 amide bonds. The van der Waals surface area contributed by atoms with Gasteiger partial charge in [0.15, 0.2) is 0 Å². The Morgan fingerprint density at radius 2 is 1.50 bits per heavy atom. The van der Waals surface area contributed by atoms with Crippen molar-refractivity contribution in [1.29, 1.82) is 0 Å². The fraction of sp³-hybridized carbons (Fsp3) is 0.350. The summed E-state index contributed by atoms with van der Waals surface area (Å²) in [5.41, 5.74) is 8.48. The summed E-state index contributed by atoms with van der Waals surface area (Å²) in [6, 6.07) is 19.8. The monoisotopic (exact) mass is 346 g/mol. The lowest BCUT2D eigenvalue weighted by Gasteiger charge is -2.22. The molecule has 0 aliphatic heterocycles. The molecule has 0 heterocycles. The standard InChI is InChI=1S/C20H26N2O.ClH/c1-3-16(17-10-6-4-7-11-17)14-22-20(23)15(2)19(21)18-12-8-5-9-13-18;/h4-13,15-16,19H,3,14,21H2,1-2H3,(H,22,23);1H. The van der Waals surface area contributed by atoms with Crippen LogP contribution in [0.5, 0.6) is 0 Å². The maximum absolute atomic E-state index is 12.4. The van der Waals surface area contributed by atoms with Gasteiger partial charge in [0, 0.05) is 18.5 Å². The number of carbonyl (C=O) groups is 1. The van der Waals surface area contributed by atoms with E-state index in [1.54, 1.807) is 0 Å². The predicted molar refractivity (Wildman–Crippen MR) is 102 cm³/mol. The van der Waals surface area contributed by atoms with E-state index >= 15 is 0 Å². The highest BCUT2D eigenvalue weighted by Crippen LogP contribution is 2.21. The number of nitrogens with one attached hydrogen (secondary N) is 1. The van der Waals surface area contributed by atoms with Gasteiger partial charge < -0.3 is 11.1 Å². The van der Waals surface area contributed by atoms with Gasteiger partial charge in [-0.25, -0.2) is 0 Å². The maximum atomic E-state index is 12.4. The average molecular weight is 347 g/mol. The van der Waals surface area contributed by atoms with E-state index in [1.807, 2.05) is 55.5 Å². The van der Waals surface area contributed by atoms with Gasteiger partial charge >= 0.3 is 0 Å². The molecule has 3 nitrogen and oxygen atoms in total. The minimum Gasteiger partial charge on any atom is -0.355 e. The number of amides is 1. The molecule has 130 valence electrons. The van der Waals surface area contributed by atoms with Gasteiger partial charge in [0.25, 0.3) is 0 Å². The van der Waals surface area contributed by atoms with Crippen LogP contribution >= 0.6 is 12.4 Å². The van der Waals surface area contributed by atoms with E-state index in [-0.39, 0.29) is 30.3 Å². The summed E-state index contributed by atoms with van der Waals surface area (Å²) >= 11 is 0. The number of benzene rings is 2. The molecule has 0 saturated carbocycles. The Labute approximate surface area is 151 Å². The highest BCUT2D eigenvalue weighted by molar-refractivity contribution is 5.85. The van der Waals surface area contributed by atoms with Gasteiger partial charge in [-0.2, -0.15) is 0 Å². The van der Waals surface area contributed by atoms with Crippen LogP contribution in [-0.4, -0.2) is 12.5 Å². The third kappa shape index (κ3) is 5.36. The fourth-order valence-electron chi connectivity index (χ4n) is 2.73. The van der Waals surface area contributed by atoms with Gasteiger partial charge in [-0.05, 0) is 17.5 Å².